The van der Waals surface area contributed by atoms with Crippen molar-refractivity contribution in [2.24, 2.45) is 5.92 Å². The van der Waals surface area contributed by atoms with Crippen molar-refractivity contribution in [3.8, 4) is 0 Å². The van der Waals surface area contributed by atoms with E-state index in [1.54, 1.807) is 0 Å². The highest BCUT2D eigenvalue weighted by atomic mass is 16.2. The molecule has 112 valence electrons. The first kappa shape index (κ1) is 13.9. The number of carbonyl (C=O) groups is 2. The average molecular weight is 278 g/mol. The van der Waals surface area contributed by atoms with Crippen LogP contribution in [0.1, 0.15) is 65.2 Å². The lowest BCUT2D eigenvalue weighted by Crippen LogP contribution is -2.71. The van der Waals surface area contributed by atoms with Crippen LogP contribution in [0.2, 0.25) is 0 Å². The molecule has 2 saturated carbocycles. The van der Waals surface area contributed by atoms with E-state index in [2.05, 4.69) is 12.2 Å². The summed E-state index contributed by atoms with van der Waals surface area (Å²) in [6, 6.07) is -0.0472. The monoisotopic (exact) mass is 278 g/mol. The minimum Gasteiger partial charge on any atom is -0.340 e. The highest BCUT2D eigenvalue weighted by molar-refractivity contribution is 6.00. The second-order valence-corrected chi connectivity index (χ2v) is 7.00. The fourth-order valence-electron chi connectivity index (χ4n) is 4.41. The van der Waals surface area contributed by atoms with E-state index in [-0.39, 0.29) is 23.9 Å². The third-order valence-corrected chi connectivity index (χ3v) is 5.68. The molecule has 1 heterocycles. The number of piperazine rings is 1. The van der Waals surface area contributed by atoms with Gasteiger partial charge in [0.2, 0.25) is 11.8 Å². The summed E-state index contributed by atoms with van der Waals surface area (Å²) < 4.78 is 0. The molecule has 1 N–H and O–H groups in total. The number of nitrogens with zero attached hydrogens (tertiary/aromatic N) is 1. The zero-order chi connectivity index (χ0) is 14.3. The number of hydrogen-bond acceptors (Lipinski definition) is 2. The van der Waals surface area contributed by atoms with Gasteiger partial charge in [-0.15, -0.1) is 0 Å². The van der Waals surface area contributed by atoms with Crippen molar-refractivity contribution in [3.05, 3.63) is 0 Å². The summed E-state index contributed by atoms with van der Waals surface area (Å²) >= 11 is 0. The maximum absolute atomic E-state index is 13.1. The number of amides is 2. The molecule has 1 saturated heterocycles. The Balaban J connectivity index is 1.90. The summed E-state index contributed by atoms with van der Waals surface area (Å²) in [4.78, 5) is 27.4. The van der Waals surface area contributed by atoms with Gasteiger partial charge < -0.3 is 10.2 Å². The molecule has 0 bridgehead atoms. The smallest absolute Gasteiger partial charge is 0.249 e. The Morgan fingerprint density at radius 2 is 1.70 bits per heavy atom. The predicted molar refractivity (Wildman–Crippen MR) is 77.1 cm³/mol. The van der Waals surface area contributed by atoms with Gasteiger partial charge in [-0.1, -0.05) is 32.6 Å². The van der Waals surface area contributed by atoms with E-state index in [0.717, 1.165) is 32.1 Å². The summed E-state index contributed by atoms with van der Waals surface area (Å²) in [5.41, 5.74) is -0.569. The highest BCUT2D eigenvalue weighted by Crippen LogP contribution is 2.38. The molecule has 4 nitrogen and oxygen atoms in total. The zero-order valence-corrected chi connectivity index (χ0v) is 12.7. The predicted octanol–water partition coefficient (Wildman–Crippen LogP) is 2.22. The van der Waals surface area contributed by atoms with Crippen molar-refractivity contribution in [1.82, 2.24) is 10.2 Å². The first-order valence-electron chi connectivity index (χ1n) is 8.20. The van der Waals surface area contributed by atoms with Gasteiger partial charge in [-0.3, -0.25) is 9.59 Å². The molecule has 0 aromatic rings. The van der Waals surface area contributed by atoms with E-state index in [1.165, 1.54) is 19.3 Å². The Bertz CT molecular complexity index is 415. The van der Waals surface area contributed by atoms with Crippen molar-refractivity contribution in [1.29, 1.82) is 0 Å². The molecular formula is C16H26N2O2. The molecule has 0 aromatic carbocycles. The highest BCUT2D eigenvalue weighted by Gasteiger charge is 2.53. The molecule has 2 amide bonds. The molecule has 0 aromatic heterocycles. The Hall–Kier alpha value is -1.06. The van der Waals surface area contributed by atoms with E-state index < -0.39 is 5.54 Å². The lowest BCUT2D eigenvalue weighted by Gasteiger charge is -2.49. The zero-order valence-electron chi connectivity index (χ0n) is 12.7. The summed E-state index contributed by atoms with van der Waals surface area (Å²) in [6.45, 7) is 4.12. The molecule has 3 aliphatic rings. The molecule has 20 heavy (non-hydrogen) atoms. The van der Waals surface area contributed by atoms with E-state index in [1.807, 2.05) is 11.8 Å². The summed E-state index contributed by atoms with van der Waals surface area (Å²) in [6.07, 6.45) is 8.41. The number of nitrogens with one attached hydrogen (secondary N) is 1. The van der Waals surface area contributed by atoms with Gasteiger partial charge in [0.1, 0.15) is 11.6 Å². The van der Waals surface area contributed by atoms with Gasteiger partial charge in [-0.25, -0.2) is 0 Å². The topological polar surface area (TPSA) is 49.4 Å². The number of rotatable bonds is 1. The van der Waals surface area contributed by atoms with Crippen LogP contribution in [-0.4, -0.2) is 34.3 Å². The van der Waals surface area contributed by atoms with Crippen molar-refractivity contribution in [2.45, 2.75) is 82.8 Å². The van der Waals surface area contributed by atoms with Gasteiger partial charge >= 0.3 is 0 Å². The molecular weight excluding hydrogens is 252 g/mol. The Labute approximate surface area is 121 Å². The van der Waals surface area contributed by atoms with Crippen LogP contribution in [-0.2, 0) is 9.59 Å². The SMILES string of the molecule is CC1CCCCC1N1C(=O)C2(CCCC2)NC(=O)C1C. The number of hydrogen-bond donors (Lipinski definition) is 1. The largest absolute Gasteiger partial charge is 0.340 e. The molecule has 2 aliphatic carbocycles. The van der Waals surface area contributed by atoms with Gasteiger partial charge in [0.25, 0.3) is 0 Å². The van der Waals surface area contributed by atoms with Crippen LogP contribution in [0, 0.1) is 5.92 Å². The van der Waals surface area contributed by atoms with E-state index in [0.29, 0.717) is 5.92 Å². The maximum Gasteiger partial charge on any atom is 0.249 e. The van der Waals surface area contributed by atoms with E-state index in [4.69, 9.17) is 0 Å². The van der Waals surface area contributed by atoms with Crippen LogP contribution in [0.4, 0.5) is 0 Å². The summed E-state index contributed by atoms with van der Waals surface area (Å²) in [7, 11) is 0. The Morgan fingerprint density at radius 3 is 2.35 bits per heavy atom. The molecule has 3 atom stereocenters. The fourth-order valence-corrected chi connectivity index (χ4v) is 4.41. The summed E-state index contributed by atoms with van der Waals surface area (Å²) in [5.74, 6) is 0.754. The number of carbonyl (C=O) groups excluding carboxylic acids is 2. The third kappa shape index (κ3) is 2.04. The maximum atomic E-state index is 13.1. The average Bonchev–Trinajstić information content (AvgIpc) is 2.89. The van der Waals surface area contributed by atoms with Gasteiger partial charge in [0, 0.05) is 6.04 Å². The van der Waals surface area contributed by atoms with Crippen molar-refractivity contribution >= 4 is 11.8 Å². The lowest BCUT2D eigenvalue weighted by atomic mass is 9.81. The third-order valence-electron chi connectivity index (χ3n) is 5.68. The second-order valence-electron chi connectivity index (χ2n) is 7.00. The first-order valence-corrected chi connectivity index (χ1v) is 8.20. The van der Waals surface area contributed by atoms with Gasteiger partial charge in [-0.05, 0) is 38.5 Å². The molecule has 3 unspecified atom stereocenters. The Kier molecular flexibility index (Phi) is 3.51. The minimum absolute atomic E-state index is 0.0456. The summed E-state index contributed by atoms with van der Waals surface area (Å²) in [5, 5.41) is 3.05. The van der Waals surface area contributed by atoms with Crippen LogP contribution in [0.5, 0.6) is 0 Å². The first-order chi connectivity index (χ1) is 9.55. The van der Waals surface area contributed by atoms with Crippen molar-refractivity contribution < 1.29 is 9.59 Å². The Morgan fingerprint density at radius 1 is 1.05 bits per heavy atom. The standard InChI is InChI=1S/C16H26N2O2/c1-11-7-3-4-8-13(11)18-12(2)14(19)17-16(15(18)20)9-5-6-10-16/h11-13H,3-10H2,1-2H3,(H,17,19). The van der Waals surface area contributed by atoms with Crippen LogP contribution in [0.3, 0.4) is 0 Å². The molecule has 1 aliphatic heterocycles. The molecule has 3 fully saturated rings. The van der Waals surface area contributed by atoms with Crippen LogP contribution < -0.4 is 5.32 Å². The quantitative estimate of drug-likeness (QED) is 0.799. The molecule has 0 radical (unpaired) electrons. The molecule has 3 rings (SSSR count). The van der Waals surface area contributed by atoms with Gasteiger partial charge in [-0.2, -0.15) is 0 Å². The molecule has 1 spiro atoms. The minimum atomic E-state index is -0.569. The normalized spacial score (nSPS) is 37.3. The van der Waals surface area contributed by atoms with Crippen LogP contribution in [0.25, 0.3) is 0 Å². The second kappa shape index (κ2) is 5.05. The lowest BCUT2D eigenvalue weighted by molar-refractivity contribution is -0.159. The van der Waals surface area contributed by atoms with Crippen molar-refractivity contribution in [3.63, 3.8) is 0 Å². The van der Waals surface area contributed by atoms with E-state index in [9.17, 15) is 9.59 Å². The molecule has 4 heteroatoms. The van der Waals surface area contributed by atoms with Crippen LogP contribution in [0.15, 0.2) is 0 Å². The van der Waals surface area contributed by atoms with Gasteiger partial charge in [0.05, 0.1) is 0 Å². The van der Waals surface area contributed by atoms with E-state index >= 15 is 0 Å². The fraction of sp³-hybridized carbons (Fsp3) is 0.875. The van der Waals surface area contributed by atoms with Gasteiger partial charge in [0.15, 0.2) is 0 Å². The van der Waals surface area contributed by atoms with Crippen molar-refractivity contribution in [2.75, 3.05) is 0 Å². The van der Waals surface area contributed by atoms with Crippen LogP contribution >= 0.6 is 0 Å².